The van der Waals surface area contributed by atoms with Crippen molar-refractivity contribution >= 4 is 14.8 Å². The predicted molar refractivity (Wildman–Crippen MR) is 43.1 cm³/mol. The molecule has 0 spiro atoms. The average molecular weight is 126 g/mol. The van der Waals surface area contributed by atoms with Gasteiger partial charge in [-0.15, -0.1) is 0 Å². The zero-order valence-electron chi connectivity index (χ0n) is 5.94. The van der Waals surface area contributed by atoms with Gasteiger partial charge in [-0.05, 0) is 14.2 Å². The lowest BCUT2D eigenvalue weighted by molar-refractivity contribution is 0.764. The van der Waals surface area contributed by atoms with E-state index in [1.807, 2.05) is 6.08 Å². The third-order valence-electron chi connectivity index (χ3n) is 0.732. The van der Waals surface area contributed by atoms with Crippen molar-refractivity contribution in [1.82, 2.24) is 0 Å². The molecule has 0 aliphatic heterocycles. The lowest BCUT2D eigenvalue weighted by Crippen LogP contribution is -2.00. The van der Waals surface area contributed by atoms with E-state index in [0.717, 1.165) is 0 Å². The Labute approximate surface area is 54.1 Å². The largest absolute Gasteiger partial charge is 0.0995 e. The highest BCUT2D eigenvalue weighted by Gasteiger charge is 2.01. The van der Waals surface area contributed by atoms with Crippen LogP contribution >= 0.6 is 0 Å². The minimum Gasteiger partial charge on any atom is -0.0995 e. The first-order valence-corrected chi connectivity index (χ1v) is 4.11. The first kappa shape index (κ1) is 7.83. The lowest BCUT2D eigenvalue weighted by atomic mass is 10.3. The van der Waals surface area contributed by atoms with Crippen LogP contribution in [0.1, 0.15) is 20.8 Å². The Balaban J connectivity index is 3.69. The molecule has 0 aromatic carbocycles. The third kappa shape index (κ3) is 5.83. The average Bonchev–Trinajstić information content (AvgIpc) is 1.59. The van der Waals surface area contributed by atoms with Crippen LogP contribution in [0.4, 0.5) is 0 Å². The van der Waals surface area contributed by atoms with Crippen molar-refractivity contribution < 1.29 is 0 Å². The highest BCUT2D eigenvalue weighted by Crippen LogP contribution is 2.15. The van der Waals surface area contributed by atoms with Crippen LogP contribution < -0.4 is 0 Å². The SMILES string of the molecule is C=CC=[SiH]C(C)(C)C. The fraction of sp³-hybridized carbons (Fsp3) is 0.571. The van der Waals surface area contributed by atoms with E-state index < -0.39 is 0 Å². The molecule has 0 heterocycles. The van der Waals surface area contributed by atoms with Gasteiger partial charge in [0.05, 0.1) is 0 Å². The fourth-order valence-electron chi connectivity index (χ4n) is 0.357. The number of rotatable bonds is 1. The molecule has 0 radical (unpaired) electrons. The fourth-order valence-corrected chi connectivity index (χ4v) is 1.07. The molecule has 0 fully saturated rings. The van der Waals surface area contributed by atoms with Crippen molar-refractivity contribution in [2.24, 2.45) is 0 Å². The molecule has 0 aliphatic carbocycles. The molecule has 0 unspecified atom stereocenters. The summed E-state index contributed by atoms with van der Waals surface area (Å²) in [6.45, 7) is 10.4. The van der Waals surface area contributed by atoms with Gasteiger partial charge in [0.25, 0.3) is 0 Å². The van der Waals surface area contributed by atoms with Crippen LogP contribution in [-0.2, 0) is 0 Å². The molecule has 0 N–H and O–H groups in total. The lowest BCUT2D eigenvalue weighted by Gasteiger charge is -2.09. The monoisotopic (exact) mass is 126 g/mol. The first-order chi connectivity index (χ1) is 3.56. The Morgan fingerprint density at radius 3 is 2.00 bits per heavy atom. The quantitative estimate of drug-likeness (QED) is 0.468. The van der Waals surface area contributed by atoms with E-state index in [-0.39, 0.29) is 0 Å². The molecular formula is C7H14Si. The van der Waals surface area contributed by atoms with Crippen LogP contribution in [0.5, 0.6) is 0 Å². The molecule has 8 heavy (non-hydrogen) atoms. The molecule has 0 amide bonds. The van der Waals surface area contributed by atoms with Crippen LogP contribution in [0.15, 0.2) is 12.7 Å². The van der Waals surface area contributed by atoms with Gasteiger partial charge < -0.3 is 0 Å². The highest BCUT2D eigenvalue weighted by atomic mass is 28.2. The second-order valence-corrected chi connectivity index (χ2v) is 5.41. The Morgan fingerprint density at radius 1 is 1.38 bits per heavy atom. The van der Waals surface area contributed by atoms with Crippen LogP contribution in [0.3, 0.4) is 0 Å². The summed E-state index contributed by atoms with van der Waals surface area (Å²) in [7, 11) is 0.453. The van der Waals surface area contributed by atoms with Crippen molar-refractivity contribution in [1.29, 1.82) is 0 Å². The second-order valence-electron chi connectivity index (χ2n) is 2.96. The van der Waals surface area contributed by atoms with Gasteiger partial charge in [0.15, 0.2) is 0 Å². The van der Waals surface area contributed by atoms with Crippen LogP contribution in [-0.4, -0.2) is 14.8 Å². The summed E-state index contributed by atoms with van der Waals surface area (Å²) in [6.07, 6.45) is 1.89. The Bertz CT molecular complexity index is 95.4. The minimum atomic E-state index is 0.453. The van der Waals surface area contributed by atoms with Gasteiger partial charge in [-0.3, -0.25) is 0 Å². The van der Waals surface area contributed by atoms with E-state index in [0.29, 0.717) is 14.2 Å². The van der Waals surface area contributed by atoms with Gasteiger partial charge in [-0.1, -0.05) is 39.1 Å². The second kappa shape index (κ2) is 2.97. The molecule has 1 heteroatoms. The molecule has 0 saturated heterocycles. The van der Waals surface area contributed by atoms with Crippen LogP contribution in [0.2, 0.25) is 5.04 Å². The van der Waals surface area contributed by atoms with E-state index in [1.165, 1.54) is 0 Å². The summed E-state index contributed by atoms with van der Waals surface area (Å²) in [5.41, 5.74) is 2.18. The summed E-state index contributed by atoms with van der Waals surface area (Å²) in [6, 6.07) is 0. The molecular weight excluding hydrogens is 112 g/mol. The maximum atomic E-state index is 3.63. The van der Waals surface area contributed by atoms with Crippen LogP contribution in [0.25, 0.3) is 0 Å². The van der Waals surface area contributed by atoms with Crippen molar-refractivity contribution in [3.05, 3.63) is 12.7 Å². The Hall–Kier alpha value is -0.173. The molecule has 0 bridgehead atoms. The minimum absolute atomic E-state index is 0.453. The van der Waals surface area contributed by atoms with E-state index in [2.05, 4.69) is 33.0 Å². The summed E-state index contributed by atoms with van der Waals surface area (Å²) in [4.78, 5) is 0. The highest BCUT2D eigenvalue weighted by molar-refractivity contribution is 6.51. The molecule has 0 rings (SSSR count). The molecule has 0 nitrogen and oxygen atoms in total. The molecule has 46 valence electrons. The molecule has 0 aromatic rings. The molecule has 0 atom stereocenters. The number of hydrogen-bond donors (Lipinski definition) is 0. The molecule has 0 saturated carbocycles. The van der Waals surface area contributed by atoms with Gasteiger partial charge in [0, 0.05) is 0 Å². The Morgan fingerprint density at radius 2 is 1.88 bits per heavy atom. The van der Waals surface area contributed by atoms with Gasteiger partial charge in [-0.25, -0.2) is 0 Å². The predicted octanol–water partition coefficient (Wildman–Crippen LogP) is 1.63. The summed E-state index contributed by atoms with van der Waals surface area (Å²) >= 11 is 0. The van der Waals surface area contributed by atoms with Crippen molar-refractivity contribution in [3.63, 3.8) is 0 Å². The topological polar surface area (TPSA) is 0 Å². The summed E-state index contributed by atoms with van der Waals surface area (Å²) in [5, 5.41) is 0.508. The standard InChI is InChI=1S/C7H14Si/c1-5-6-8-7(2,3)4/h5-6,8H,1H2,2-4H3. The molecule has 0 aliphatic rings. The normalized spacial score (nSPS) is 12.4. The van der Waals surface area contributed by atoms with Gasteiger partial charge >= 0.3 is 0 Å². The van der Waals surface area contributed by atoms with E-state index in [1.54, 1.807) is 0 Å². The van der Waals surface area contributed by atoms with Gasteiger partial charge in [0.2, 0.25) is 0 Å². The van der Waals surface area contributed by atoms with E-state index in [9.17, 15) is 0 Å². The maximum absolute atomic E-state index is 3.63. The first-order valence-electron chi connectivity index (χ1n) is 2.86. The van der Waals surface area contributed by atoms with Crippen molar-refractivity contribution in [2.75, 3.05) is 0 Å². The van der Waals surface area contributed by atoms with E-state index >= 15 is 0 Å². The summed E-state index contributed by atoms with van der Waals surface area (Å²) in [5.74, 6) is 0. The van der Waals surface area contributed by atoms with Crippen molar-refractivity contribution in [2.45, 2.75) is 25.8 Å². The van der Waals surface area contributed by atoms with Gasteiger partial charge in [0.1, 0.15) is 0 Å². The smallest absolute Gasteiger partial charge is 0.00116 e. The number of allylic oxidation sites excluding steroid dienone is 1. The van der Waals surface area contributed by atoms with Crippen molar-refractivity contribution in [3.8, 4) is 0 Å². The maximum Gasteiger partial charge on any atom is -0.00116 e. The number of hydrogen-bond acceptors (Lipinski definition) is 0. The Kier molecular flexibility index (Phi) is 2.91. The zero-order chi connectivity index (χ0) is 6.62. The molecule has 0 aromatic heterocycles. The third-order valence-corrected chi connectivity index (χ3v) is 2.20. The summed E-state index contributed by atoms with van der Waals surface area (Å²) < 4.78 is 0. The van der Waals surface area contributed by atoms with Crippen LogP contribution in [0, 0.1) is 0 Å². The van der Waals surface area contributed by atoms with Gasteiger partial charge in [-0.2, -0.15) is 0 Å². The zero-order valence-corrected chi connectivity index (χ0v) is 7.09. The van der Waals surface area contributed by atoms with E-state index in [4.69, 9.17) is 0 Å².